The Kier molecular flexibility index (Phi) is 5.77. The predicted octanol–water partition coefficient (Wildman–Crippen LogP) is 4.92. The van der Waals surface area contributed by atoms with Crippen LogP contribution in [0.15, 0.2) is 53.1 Å². The first-order chi connectivity index (χ1) is 14.1. The van der Waals surface area contributed by atoms with Gasteiger partial charge in [-0.05, 0) is 50.2 Å². The Labute approximate surface area is 175 Å². The Balaban J connectivity index is 1.41. The minimum absolute atomic E-state index is 0.0328. The SMILES string of the molecule is CCOc1ccc(Nc2nnc(SC(C)C(=O)c3c[nH]c4ncccc34)s2)cc1. The van der Waals surface area contributed by atoms with Crippen molar-refractivity contribution in [1.29, 1.82) is 0 Å². The maximum absolute atomic E-state index is 12.9. The van der Waals surface area contributed by atoms with Gasteiger partial charge >= 0.3 is 0 Å². The van der Waals surface area contributed by atoms with E-state index < -0.39 is 0 Å². The molecule has 148 valence electrons. The molecule has 0 aliphatic heterocycles. The standard InChI is InChI=1S/C20H19N5O2S2/c1-3-27-14-8-6-13(7-9-14)23-19-24-25-20(29-19)28-12(2)17(26)16-11-22-18-15(16)5-4-10-21-18/h4-12H,3H2,1-2H3,(H,21,22)(H,23,24). The number of carbonyl (C=O) groups is 1. The molecule has 0 saturated carbocycles. The summed E-state index contributed by atoms with van der Waals surface area (Å²) in [6, 6.07) is 11.4. The molecule has 3 aromatic heterocycles. The number of H-pyrrole nitrogens is 1. The topological polar surface area (TPSA) is 92.8 Å². The molecule has 3 heterocycles. The lowest BCUT2D eigenvalue weighted by atomic mass is 10.1. The van der Waals surface area contributed by atoms with Gasteiger partial charge in [0.2, 0.25) is 5.13 Å². The van der Waals surface area contributed by atoms with E-state index in [4.69, 9.17) is 4.74 Å². The average Bonchev–Trinajstić information content (AvgIpc) is 3.36. The molecule has 0 bridgehead atoms. The van der Waals surface area contributed by atoms with E-state index >= 15 is 0 Å². The van der Waals surface area contributed by atoms with Crippen LogP contribution in [0.3, 0.4) is 0 Å². The number of aromatic nitrogens is 4. The molecule has 4 aromatic rings. The summed E-state index contributed by atoms with van der Waals surface area (Å²) in [7, 11) is 0. The molecule has 1 unspecified atom stereocenters. The molecule has 0 saturated heterocycles. The fraction of sp³-hybridized carbons (Fsp3) is 0.200. The summed E-state index contributed by atoms with van der Waals surface area (Å²) in [5.41, 5.74) is 2.26. The first-order valence-electron chi connectivity index (χ1n) is 9.10. The molecule has 0 radical (unpaired) electrons. The van der Waals surface area contributed by atoms with Crippen LogP contribution in [0, 0.1) is 0 Å². The number of pyridine rings is 1. The maximum atomic E-state index is 12.9. The number of anilines is 2. The first-order valence-corrected chi connectivity index (χ1v) is 10.8. The highest BCUT2D eigenvalue weighted by Crippen LogP contribution is 2.32. The van der Waals surface area contributed by atoms with Gasteiger partial charge in [-0.15, -0.1) is 10.2 Å². The van der Waals surface area contributed by atoms with Crippen LogP contribution in [0.4, 0.5) is 10.8 Å². The van der Waals surface area contributed by atoms with Crippen molar-refractivity contribution < 1.29 is 9.53 Å². The maximum Gasteiger partial charge on any atom is 0.210 e. The van der Waals surface area contributed by atoms with Gasteiger partial charge in [-0.25, -0.2) is 4.98 Å². The average molecular weight is 426 g/mol. The summed E-state index contributed by atoms with van der Waals surface area (Å²) in [6.07, 6.45) is 3.42. The van der Waals surface area contributed by atoms with Crippen LogP contribution >= 0.6 is 23.1 Å². The van der Waals surface area contributed by atoms with Crippen LogP contribution in [0.25, 0.3) is 11.0 Å². The van der Waals surface area contributed by atoms with Gasteiger partial charge in [0, 0.05) is 29.0 Å². The lowest BCUT2D eigenvalue weighted by Crippen LogP contribution is -2.12. The third kappa shape index (κ3) is 4.41. The fourth-order valence-corrected chi connectivity index (χ4v) is 4.80. The number of hydrogen-bond acceptors (Lipinski definition) is 8. The number of aromatic amines is 1. The third-order valence-electron chi connectivity index (χ3n) is 4.19. The molecule has 0 fully saturated rings. The quantitative estimate of drug-likeness (QED) is 0.306. The second-order valence-electron chi connectivity index (χ2n) is 6.18. The summed E-state index contributed by atoms with van der Waals surface area (Å²) in [5, 5.41) is 12.8. The van der Waals surface area contributed by atoms with Crippen molar-refractivity contribution in [1.82, 2.24) is 20.2 Å². The molecule has 0 aliphatic rings. The van der Waals surface area contributed by atoms with Crippen LogP contribution in [-0.4, -0.2) is 37.8 Å². The molecular formula is C20H19N5O2S2. The monoisotopic (exact) mass is 425 g/mol. The molecule has 1 atom stereocenters. The lowest BCUT2D eigenvalue weighted by molar-refractivity contribution is 0.0995. The number of Topliss-reactive ketones (excluding diaryl/α,β-unsaturated/α-hetero) is 1. The van der Waals surface area contributed by atoms with E-state index in [-0.39, 0.29) is 11.0 Å². The highest BCUT2D eigenvalue weighted by Gasteiger charge is 2.21. The first kappa shape index (κ1) is 19.4. The van der Waals surface area contributed by atoms with E-state index in [2.05, 4.69) is 25.5 Å². The van der Waals surface area contributed by atoms with E-state index in [9.17, 15) is 4.79 Å². The van der Waals surface area contributed by atoms with Gasteiger partial charge in [0.15, 0.2) is 10.1 Å². The van der Waals surface area contributed by atoms with E-state index in [0.29, 0.717) is 22.9 Å². The summed E-state index contributed by atoms with van der Waals surface area (Å²) >= 11 is 2.81. The summed E-state index contributed by atoms with van der Waals surface area (Å²) in [4.78, 5) is 20.1. The Bertz CT molecular complexity index is 1120. The second-order valence-corrected chi connectivity index (χ2v) is 8.75. The Morgan fingerprint density at radius 1 is 1.28 bits per heavy atom. The predicted molar refractivity (Wildman–Crippen MR) is 117 cm³/mol. The minimum Gasteiger partial charge on any atom is -0.494 e. The number of nitrogens with zero attached hydrogens (tertiary/aromatic N) is 3. The van der Waals surface area contributed by atoms with E-state index in [0.717, 1.165) is 21.2 Å². The molecule has 4 rings (SSSR count). The van der Waals surface area contributed by atoms with Crippen LogP contribution in [-0.2, 0) is 0 Å². The Hall–Kier alpha value is -2.91. The summed E-state index contributed by atoms with van der Waals surface area (Å²) in [5.74, 6) is 0.858. The van der Waals surface area contributed by atoms with Crippen molar-refractivity contribution >= 4 is 50.7 Å². The zero-order valence-electron chi connectivity index (χ0n) is 15.9. The number of nitrogens with one attached hydrogen (secondary N) is 2. The van der Waals surface area contributed by atoms with Crippen molar-refractivity contribution in [2.75, 3.05) is 11.9 Å². The Morgan fingerprint density at radius 2 is 2.10 bits per heavy atom. The van der Waals surface area contributed by atoms with Crippen molar-refractivity contribution in [2.24, 2.45) is 0 Å². The number of benzene rings is 1. The minimum atomic E-state index is -0.291. The van der Waals surface area contributed by atoms with Gasteiger partial charge in [-0.2, -0.15) is 0 Å². The van der Waals surface area contributed by atoms with Crippen LogP contribution < -0.4 is 10.1 Å². The second kappa shape index (κ2) is 8.62. The van der Waals surface area contributed by atoms with E-state index in [1.165, 1.54) is 23.1 Å². The van der Waals surface area contributed by atoms with Crippen molar-refractivity contribution in [3.05, 3.63) is 54.4 Å². The van der Waals surface area contributed by atoms with Gasteiger partial charge < -0.3 is 15.0 Å². The summed E-state index contributed by atoms with van der Waals surface area (Å²) in [6.45, 7) is 4.46. The number of carbonyl (C=O) groups excluding carboxylic acids is 1. The molecule has 1 aromatic carbocycles. The molecule has 0 amide bonds. The smallest absolute Gasteiger partial charge is 0.210 e. The highest BCUT2D eigenvalue weighted by atomic mass is 32.2. The van der Waals surface area contributed by atoms with Crippen molar-refractivity contribution in [3.63, 3.8) is 0 Å². The van der Waals surface area contributed by atoms with Gasteiger partial charge in [0.1, 0.15) is 11.4 Å². The normalized spacial score (nSPS) is 12.1. The lowest BCUT2D eigenvalue weighted by Gasteiger charge is -2.07. The van der Waals surface area contributed by atoms with Gasteiger partial charge in [-0.1, -0.05) is 23.1 Å². The van der Waals surface area contributed by atoms with E-state index in [1.807, 2.05) is 50.2 Å². The molecular weight excluding hydrogens is 406 g/mol. The van der Waals surface area contributed by atoms with Gasteiger partial charge in [0.25, 0.3) is 0 Å². The number of hydrogen-bond donors (Lipinski definition) is 2. The Morgan fingerprint density at radius 3 is 2.90 bits per heavy atom. The molecule has 0 spiro atoms. The summed E-state index contributed by atoms with van der Waals surface area (Å²) < 4.78 is 6.18. The third-order valence-corrected chi connectivity index (χ3v) is 6.21. The van der Waals surface area contributed by atoms with Gasteiger partial charge in [-0.3, -0.25) is 4.79 Å². The van der Waals surface area contributed by atoms with Gasteiger partial charge in [0.05, 0.1) is 11.9 Å². The number of ether oxygens (including phenoxy) is 1. The largest absolute Gasteiger partial charge is 0.494 e. The molecule has 7 nitrogen and oxygen atoms in total. The molecule has 29 heavy (non-hydrogen) atoms. The number of fused-ring (bicyclic) bond motifs is 1. The zero-order valence-corrected chi connectivity index (χ0v) is 17.5. The number of thioether (sulfide) groups is 1. The van der Waals surface area contributed by atoms with Crippen LogP contribution in [0.2, 0.25) is 0 Å². The van der Waals surface area contributed by atoms with Crippen molar-refractivity contribution in [2.45, 2.75) is 23.4 Å². The number of rotatable bonds is 8. The van der Waals surface area contributed by atoms with E-state index in [1.54, 1.807) is 12.4 Å². The highest BCUT2D eigenvalue weighted by molar-refractivity contribution is 8.02. The number of ketones is 1. The van der Waals surface area contributed by atoms with Crippen LogP contribution in [0.1, 0.15) is 24.2 Å². The zero-order chi connectivity index (χ0) is 20.2. The fourth-order valence-electron chi connectivity index (χ4n) is 2.82. The van der Waals surface area contributed by atoms with Crippen molar-refractivity contribution in [3.8, 4) is 5.75 Å². The van der Waals surface area contributed by atoms with Crippen LogP contribution in [0.5, 0.6) is 5.75 Å². The molecule has 2 N–H and O–H groups in total. The molecule has 9 heteroatoms. The molecule has 0 aliphatic carbocycles.